The van der Waals surface area contributed by atoms with Crippen LogP contribution >= 0.6 is 11.8 Å². The molecule has 0 spiro atoms. The molecule has 0 unspecified atom stereocenters. The molecule has 1 amide bonds. The van der Waals surface area contributed by atoms with E-state index in [0.717, 1.165) is 7.11 Å². The van der Waals surface area contributed by atoms with E-state index in [1.165, 1.54) is 11.8 Å². The lowest BCUT2D eigenvalue weighted by Gasteiger charge is -2.16. The van der Waals surface area contributed by atoms with Crippen molar-refractivity contribution >= 4 is 29.6 Å². The molecule has 0 saturated heterocycles. The number of ether oxygens (including phenoxy) is 1. The van der Waals surface area contributed by atoms with E-state index in [1.54, 1.807) is 0 Å². The lowest BCUT2D eigenvalue weighted by molar-refractivity contribution is -0.148. The zero-order chi connectivity index (χ0) is 14.1. The molecule has 0 aromatic rings. The highest BCUT2D eigenvalue weighted by Crippen LogP contribution is 2.01. The molecule has 0 fully saturated rings. The summed E-state index contributed by atoms with van der Waals surface area (Å²) in [7, 11) is 1.15. The first kappa shape index (κ1) is 16.7. The summed E-state index contributed by atoms with van der Waals surface area (Å²) in [5.41, 5.74) is 5.58. The fourth-order valence-electron chi connectivity index (χ4n) is 1.10. The minimum absolute atomic E-state index is 0.424. The largest absolute Gasteiger partial charge is 0.480 e. The first-order chi connectivity index (χ1) is 8.42. The van der Waals surface area contributed by atoms with Crippen LogP contribution in [0.1, 0.15) is 12.8 Å². The summed E-state index contributed by atoms with van der Waals surface area (Å²) in [6, 6.07) is -2.10. The Balaban J connectivity index is 4.35. The van der Waals surface area contributed by atoms with Crippen LogP contribution in [0.15, 0.2) is 0 Å². The van der Waals surface area contributed by atoms with E-state index in [4.69, 9.17) is 10.8 Å². The molecule has 4 N–H and O–H groups in total. The van der Waals surface area contributed by atoms with Gasteiger partial charge in [-0.3, -0.25) is 9.59 Å². The maximum absolute atomic E-state index is 11.6. The van der Waals surface area contributed by atoms with Crippen molar-refractivity contribution in [3.05, 3.63) is 0 Å². The van der Waals surface area contributed by atoms with Crippen LogP contribution in [0.25, 0.3) is 0 Å². The van der Waals surface area contributed by atoms with E-state index in [-0.39, 0.29) is 0 Å². The second-order valence-corrected chi connectivity index (χ2v) is 4.55. The summed E-state index contributed by atoms with van der Waals surface area (Å²) in [6.45, 7) is 0. The van der Waals surface area contributed by atoms with Gasteiger partial charge < -0.3 is 20.9 Å². The number of amides is 1. The van der Waals surface area contributed by atoms with Crippen molar-refractivity contribution in [2.75, 3.05) is 19.1 Å². The maximum Gasteiger partial charge on any atom is 0.326 e. The standard InChI is InChI=1S/C10H18N2O5S/c1-17-8(13)5-7(10(15)16)12-9(14)6(11)3-4-18-2/h6-7H,3-5,11H2,1-2H3,(H,12,14)(H,15,16)/t6-,7-/m0/s1. The van der Waals surface area contributed by atoms with Gasteiger partial charge in [0.15, 0.2) is 0 Å². The predicted molar refractivity (Wildman–Crippen MR) is 67.2 cm³/mol. The van der Waals surface area contributed by atoms with Crippen molar-refractivity contribution in [1.29, 1.82) is 0 Å². The molecule has 0 aromatic carbocycles. The molecule has 0 heterocycles. The Kier molecular flexibility index (Phi) is 8.14. The summed E-state index contributed by atoms with van der Waals surface area (Å²) in [5, 5.41) is 11.1. The number of methoxy groups -OCH3 is 1. The minimum atomic E-state index is -1.31. The number of carbonyl (C=O) groups excluding carboxylic acids is 2. The Morgan fingerprint density at radius 2 is 2.06 bits per heavy atom. The second-order valence-electron chi connectivity index (χ2n) is 3.57. The first-order valence-electron chi connectivity index (χ1n) is 5.26. The molecule has 0 aliphatic rings. The van der Waals surface area contributed by atoms with Gasteiger partial charge in [0.2, 0.25) is 5.91 Å². The van der Waals surface area contributed by atoms with Crippen LogP contribution in [-0.2, 0) is 19.1 Å². The summed E-state index contributed by atoms with van der Waals surface area (Å²) in [6.07, 6.45) is 1.90. The van der Waals surface area contributed by atoms with Crippen LogP contribution in [0.3, 0.4) is 0 Å². The molecule has 0 saturated carbocycles. The third-order valence-corrected chi connectivity index (χ3v) is 2.83. The van der Waals surface area contributed by atoms with Gasteiger partial charge in [-0.1, -0.05) is 0 Å². The van der Waals surface area contributed by atoms with Crippen LogP contribution in [0.2, 0.25) is 0 Å². The Labute approximate surface area is 109 Å². The number of thioether (sulfide) groups is 1. The second kappa shape index (κ2) is 8.76. The van der Waals surface area contributed by atoms with Crippen molar-refractivity contribution in [2.45, 2.75) is 24.9 Å². The average molecular weight is 278 g/mol. The molecule has 18 heavy (non-hydrogen) atoms. The number of rotatable bonds is 8. The lowest BCUT2D eigenvalue weighted by atomic mass is 10.1. The molecule has 104 valence electrons. The first-order valence-corrected chi connectivity index (χ1v) is 6.66. The Bertz CT molecular complexity index is 311. The van der Waals surface area contributed by atoms with E-state index in [0.29, 0.717) is 12.2 Å². The number of hydrogen-bond acceptors (Lipinski definition) is 6. The topological polar surface area (TPSA) is 119 Å². The number of nitrogens with two attached hydrogens (primary N) is 1. The van der Waals surface area contributed by atoms with E-state index >= 15 is 0 Å². The van der Waals surface area contributed by atoms with Gasteiger partial charge >= 0.3 is 11.9 Å². The van der Waals surface area contributed by atoms with Gasteiger partial charge in [-0.2, -0.15) is 11.8 Å². The normalized spacial score (nSPS) is 13.5. The Hall–Kier alpha value is -1.28. The highest BCUT2D eigenvalue weighted by atomic mass is 32.2. The number of nitrogens with one attached hydrogen (secondary N) is 1. The van der Waals surface area contributed by atoms with Gasteiger partial charge in [0, 0.05) is 0 Å². The van der Waals surface area contributed by atoms with E-state index < -0.39 is 36.4 Å². The molecular formula is C10H18N2O5S. The lowest BCUT2D eigenvalue weighted by Crippen LogP contribution is -2.49. The molecule has 0 rings (SSSR count). The van der Waals surface area contributed by atoms with Crippen molar-refractivity contribution in [1.82, 2.24) is 5.32 Å². The van der Waals surface area contributed by atoms with Crippen molar-refractivity contribution in [2.24, 2.45) is 5.73 Å². The van der Waals surface area contributed by atoms with Crippen molar-refractivity contribution in [3.63, 3.8) is 0 Å². The summed E-state index contributed by atoms with van der Waals surface area (Å²) < 4.78 is 4.35. The Morgan fingerprint density at radius 1 is 1.44 bits per heavy atom. The molecule has 0 aliphatic carbocycles. The van der Waals surface area contributed by atoms with Gasteiger partial charge in [0.05, 0.1) is 19.6 Å². The molecule has 2 atom stereocenters. The summed E-state index contributed by atoms with van der Waals surface area (Å²) >= 11 is 1.54. The minimum Gasteiger partial charge on any atom is -0.480 e. The molecular weight excluding hydrogens is 260 g/mol. The van der Waals surface area contributed by atoms with Gasteiger partial charge in [0.25, 0.3) is 0 Å². The van der Waals surface area contributed by atoms with Gasteiger partial charge in [-0.25, -0.2) is 4.79 Å². The third-order valence-electron chi connectivity index (χ3n) is 2.18. The zero-order valence-corrected chi connectivity index (χ0v) is 11.2. The fraction of sp³-hybridized carbons (Fsp3) is 0.700. The van der Waals surface area contributed by atoms with Crippen LogP contribution in [0, 0.1) is 0 Å². The van der Waals surface area contributed by atoms with Crippen LogP contribution < -0.4 is 11.1 Å². The van der Waals surface area contributed by atoms with Crippen LogP contribution in [0.4, 0.5) is 0 Å². The highest BCUT2D eigenvalue weighted by Gasteiger charge is 2.25. The van der Waals surface area contributed by atoms with Crippen molar-refractivity contribution in [3.8, 4) is 0 Å². The average Bonchev–Trinajstić information content (AvgIpc) is 2.34. The number of carbonyl (C=O) groups is 3. The maximum atomic E-state index is 11.6. The smallest absolute Gasteiger partial charge is 0.326 e. The van der Waals surface area contributed by atoms with Crippen LogP contribution in [-0.4, -0.2) is 54.2 Å². The molecule has 8 heteroatoms. The monoisotopic (exact) mass is 278 g/mol. The zero-order valence-electron chi connectivity index (χ0n) is 10.3. The third kappa shape index (κ3) is 6.45. The molecule has 0 aliphatic heterocycles. The van der Waals surface area contributed by atoms with Crippen LogP contribution in [0.5, 0.6) is 0 Å². The number of esters is 1. The molecule has 0 radical (unpaired) electrons. The quantitative estimate of drug-likeness (QED) is 0.497. The van der Waals surface area contributed by atoms with Gasteiger partial charge in [-0.15, -0.1) is 0 Å². The number of aliphatic carboxylic acids is 1. The number of hydrogen-bond donors (Lipinski definition) is 3. The molecule has 0 aromatic heterocycles. The van der Waals surface area contributed by atoms with E-state index in [9.17, 15) is 14.4 Å². The summed E-state index contributed by atoms with van der Waals surface area (Å²) in [5.74, 6) is -1.89. The van der Waals surface area contributed by atoms with E-state index in [2.05, 4.69) is 10.1 Å². The fourth-order valence-corrected chi connectivity index (χ4v) is 1.59. The predicted octanol–water partition coefficient (Wildman–Crippen LogP) is -0.801. The van der Waals surface area contributed by atoms with E-state index in [1.807, 2.05) is 6.26 Å². The Morgan fingerprint density at radius 3 is 2.50 bits per heavy atom. The number of carboxylic acid groups (broad SMARTS) is 1. The summed E-state index contributed by atoms with van der Waals surface area (Å²) in [4.78, 5) is 33.4. The van der Waals surface area contributed by atoms with Gasteiger partial charge in [0.1, 0.15) is 6.04 Å². The number of carboxylic acids is 1. The van der Waals surface area contributed by atoms with Crippen molar-refractivity contribution < 1.29 is 24.2 Å². The van der Waals surface area contributed by atoms with Gasteiger partial charge in [-0.05, 0) is 18.4 Å². The molecule has 7 nitrogen and oxygen atoms in total. The molecule has 0 bridgehead atoms. The highest BCUT2D eigenvalue weighted by molar-refractivity contribution is 7.98. The SMILES string of the molecule is COC(=O)C[C@H](NC(=O)[C@@H](N)CCSC)C(=O)O.